The molecular formula is C68H65F4N11O4. The number of piperazine rings is 3. The van der Waals surface area contributed by atoms with Crippen LogP contribution < -0.4 is 29.9 Å². The highest BCUT2D eigenvalue weighted by atomic mass is 19.1. The summed E-state index contributed by atoms with van der Waals surface area (Å²) in [6.45, 7) is 11.9. The zero-order chi connectivity index (χ0) is 60.5. The van der Waals surface area contributed by atoms with Gasteiger partial charge in [-0.25, -0.2) is 17.6 Å². The van der Waals surface area contributed by atoms with E-state index in [9.17, 15) is 19.0 Å². The maximum absolute atomic E-state index is 17.0. The minimum atomic E-state index is -0.630. The summed E-state index contributed by atoms with van der Waals surface area (Å²) in [5, 5.41) is 31.7. The Morgan fingerprint density at radius 1 is 0.586 bits per heavy atom. The zero-order valence-corrected chi connectivity index (χ0v) is 49.0. The molecule has 5 atom stereocenters. The largest absolute Gasteiger partial charge is 0.508 e. The number of aromatic hydroxyl groups is 2. The predicted octanol–water partition coefficient (Wildman–Crippen LogP) is 10.2. The lowest BCUT2D eigenvalue weighted by Gasteiger charge is -2.37. The molecule has 5 fully saturated rings. The molecule has 0 radical (unpaired) electrons. The molecule has 5 aliphatic heterocycles. The molecule has 4 aromatic carbocycles. The van der Waals surface area contributed by atoms with E-state index >= 15 is 8.78 Å². The van der Waals surface area contributed by atoms with E-state index in [0.717, 1.165) is 82.8 Å². The van der Waals surface area contributed by atoms with Gasteiger partial charge in [0.1, 0.15) is 59.4 Å². The van der Waals surface area contributed by atoms with E-state index in [-0.39, 0.29) is 57.8 Å². The number of ether oxygens (including phenoxy) is 2. The number of aromatic nitrogens is 5. The van der Waals surface area contributed by atoms with Gasteiger partial charge in [-0.2, -0.15) is 9.97 Å². The minimum absolute atomic E-state index is 0.00665. The van der Waals surface area contributed by atoms with E-state index in [2.05, 4.69) is 71.1 Å². The second kappa shape index (κ2) is 23.1. The number of hydrogen-bond donors (Lipinski definition) is 4. The molecule has 87 heavy (non-hydrogen) atoms. The van der Waals surface area contributed by atoms with Gasteiger partial charge in [-0.3, -0.25) is 19.9 Å². The van der Waals surface area contributed by atoms with Gasteiger partial charge in [0.2, 0.25) is 11.8 Å². The van der Waals surface area contributed by atoms with Gasteiger partial charge >= 0.3 is 0 Å². The highest BCUT2D eigenvalue weighted by Crippen LogP contribution is 2.44. The monoisotopic (exact) mass is 1180 g/mol. The molecule has 9 aromatic rings. The molecule has 0 aliphatic carbocycles. The van der Waals surface area contributed by atoms with Crippen molar-refractivity contribution in [2.24, 2.45) is 0 Å². The maximum atomic E-state index is 17.0. The third-order valence-electron chi connectivity index (χ3n) is 18.0. The smallest absolute Gasteiger partial charge is 0.219 e. The molecule has 14 rings (SSSR count). The molecule has 0 spiro atoms. The van der Waals surface area contributed by atoms with Gasteiger partial charge in [-0.15, -0.1) is 12.8 Å². The van der Waals surface area contributed by atoms with E-state index < -0.39 is 23.3 Å². The number of anilines is 2. The Labute approximate surface area is 501 Å². The zero-order valence-electron chi connectivity index (χ0n) is 49.0. The molecule has 15 nitrogen and oxygen atoms in total. The highest BCUT2D eigenvalue weighted by molar-refractivity contribution is 6.06. The molecule has 5 saturated heterocycles. The summed E-state index contributed by atoms with van der Waals surface area (Å²) in [5.41, 5.74) is 3.13. The SMILES string of the molecule is C#Cc1c(F)ccc2cc(O)cc(-c3ncc4c(N5CC6CCC(C5)N6)nc(OCC5CN(C)CCN5C)c(C)c4c3F)c12.C#Cc1c(F)ccc2cc(O)cc(-c3ncc4c(N5CC6CCC(C5)N6)nc(OCc5ccc(C)cn5)c(C)c4c3F)c12. The molecule has 10 heterocycles. The van der Waals surface area contributed by atoms with Crippen LogP contribution in [0.25, 0.3) is 65.6 Å². The lowest BCUT2D eigenvalue weighted by molar-refractivity contribution is 0.0765. The van der Waals surface area contributed by atoms with E-state index in [1.807, 2.05) is 26.0 Å². The number of halogens is 4. The van der Waals surface area contributed by atoms with Crippen LogP contribution in [0.2, 0.25) is 0 Å². The van der Waals surface area contributed by atoms with Crippen molar-refractivity contribution < 1.29 is 37.2 Å². The van der Waals surface area contributed by atoms with Crippen LogP contribution in [0.15, 0.2) is 79.3 Å². The van der Waals surface area contributed by atoms with Crippen molar-refractivity contribution in [1.29, 1.82) is 0 Å². The van der Waals surface area contributed by atoms with Crippen molar-refractivity contribution >= 4 is 54.7 Å². The summed E-state index contributed by atoms with van der Waals surface area (Å²) in [4.78, 5) is 32.4. The van der Waals surface area contributed by atoms with Gasteiger partial charge in [-0.05, 0) is 119 Å². The van der Waals surface area contributed by atoms with Gasteiger partial charge in [0.25, 0.3) is 0 Å². The first-order chi connectivity index (χ1) is 42.0. The Hall–Kier alpha value is -8.85. The summed E-state index contributed by atoms with van der Waals surface area (Å²) in [6, 6.07) is 16.6. The molecule has 5 aromatic heterocycles. The molecule has 444 valence electrons. The third-order valence-corrected chi connectivity index (χ3v) is 18.0. The number of phenols is 2. The number of fused-ring (bicyclic) bond motifs is 8. The number of terminal acetylenes is 2. The van der Waals surface area contributed by atoms with Crippen molar-refractivity contribution in [3.8, 4) is 70.5 Å². The number of nitrogens with zero attached hydrogens (tertiary/aromatic N) is 9. The molecule has 4 bridgehead atoms. The standard InChI is InChI=1S/C34H36F2N6O2.C34H29F2N5O2/c1-5-25-28(35)9-6-20-12-24(43)13-26(30(20)25)32-31(36)29-19(2)34(44-18-23-17-40(3)10-11-41(23)4)39-33(27(29)14-37-32)42-15-21-7-8-22(16-42)38-21;1-4-25-28(35)10-6-20-11-24(42)12-26(30(20)25)32-31(36)29-19(3)34(43-17-23-7-5-18(2)13-37-23)40-33(27(29)14-38-32)41-15-21-8-9-22(16-41)39-21/h1,6,9,12-14,21-23,38,43H,7-8,10-11,15-18H2,2-4H3;1,5-7,10-14,21-22,39,42H,8-9,15-17H2,2-3H3. The number of hydrogen-bond acceptors (Lipinski definition) is 15. The van der Waals surface area contributed by atoms with Gasteiger partial charge in [0.05, 0.1) is 22.9 Å². The molecule has 4 N–H and O–H groups in total. The van der Waals surface area contributed by atoms with E-state index in [4.69, 9.17) is 32.3 Å². The number of rotatable bonds is 10. The van der Waals surface area contributed by atoms with Crippen molar-refractivity contribution in [3.05, 3.63) is 136 Å². The first-order valence-corrected chi connectivity index (χ1v) is 29.4. The quantitative estimate of drug-likeness (QED) is 0.0756. The summed E-state index contributed by atoms with van der Waals surface area (Å²) in [7, 11) is 4.19. The van der Waals surface area contributed by atoms with E-state index in [0.29, 0.717) is 108 Å². The minimum Gasteiger partial charge on any atom is -0.508 e. The fourth-order valence-electron chi connectivity index (χ4n) is 13.5. The maximum Gasteiger partial charge on any atom is 0.219 e. The number of likely N-dealkylation sites (N-methyl/N-ethyl adjacent to an activating group) is 2. The summed E-state index contributed by atoms with van der Waals surface area (Å²) >= 11 is 0. The Morgan fingerprint density at radius 3 is 1.53 bits per heavy atom. The normalized spacial score (nSPS) is 20.2. The molecule has 5 aliphatic rings. The van der Waals surface area contributed by atoms with Crippen LogP contribution in [0.4, 0.5) is 29.2 Å². The van der Waals surface area contributed by atoms with Crippen molar-refractivity contribution in [3.63, 3.8) is 0 Å². The van der Waals surface area contributed by atoms with Crippen LogP contribution in [0.3, 0.4) is 0 Å². The molecule has 0 saturated carbocycles. The van der Waals surface area contributed by atoms with Crippen LogP contribution >= 0.6 is 0 Å². The Bertz CT molecular complexity index is 4300. The van der Waals surface area contributed by atoms with Crippen LogP contribution in [0.5, 0.6) is 23.3 Å². The number of nitrogens with one attached hydrogen (secondary N) is 2. The highest BCUT2D eigenvalue weighted by Gasteiger charge is 2.37. The number of phenolic OH excluding ortho intramolecular Hbond substituents is 2. The van der Waals surface area contributed by atoms with Crippen molar-refractivity contribution in [2.45, 2.75) is 83.3 Å². The Balaban J connectivity index is 0.000000161. The Kier molecular flexibility index (Phi) is 15.2. The third kappa shape index (κ3) is 10.7. The second-order valence-electron chi connectivity index (χ2n) is 23.9. The van der Waals surface area contributed by atoms with Crippen LogP contribution in [0.1, 0.15) is 59.2 Å². The molecule has 19 heteroatoms. The summed E-state index contributed by atoms with van der Waals surface area (Å²) in [6.07, 6.45) is 20.7. The van der Waals surface area contributed by atoms with Gasteiger partial charge < -0.3 is 45.0 Å². The first-order valence-electron chi connectivity index (χ1n) is 29.4. The molecular weight excluding hydrogens is 1110 g/mol. The fraction of sp³-hybridized carbons (Fsp3) is 0.338. The lowest BCUT2D eigenvalue weighted by Crippen LogP contribution is -2.52. The predicted molar refractivity (Wildman–Crippen MR) is 330 cm³/mol. The van der Waals surface area contributed by atoms with Crippen LogP contribution in [-0.4, -0.2) is 142 Å². The average Bonchev–Trinajstić information content (AvgIpc) is 1.12. The number of pyridine rings is 5. The number of aryl methyl sites for hydroxylation is 3. The van der Waals surface area contributed by atoms with Gasteiger partial charge in [0.15, 0.2) is 11.6 Å². The first kappa shape index (κ1) is 57.2. The van der Waals surface area contributed by atoms with Crippen molar-refractivity contribution in [2.75, 3.05) is 76.3 Å². The fourth-order valence-corrected chi connectivity index (χ4v) is 13.5. The van der Waals surface area contributed by atoms with E-state index in [1.165, 1.54) is 48.5 Å². The molecule has 5 unspecified atom stereocenters. The summed E-state index contributed by atoms with van der Waals surface area (Å²) in [5.74, 6) is 4.06. The topological polar surface area (TPSA) is 160 Å². The molecule has 0 amide bonds. The number of benzene rings is 4. The second-order valence-corrected chi connectivity index (χ2v) is 23.9. The summed E-state index contributed by atoms with van der Waals surface area (Å²) < 4.78 is 76.1. The van der Waals surface area contributed by atoms with Crippen LogP contribution in [-0.2, 0) is 6.61 Å². The van der Waals surface area contributed by atoms with Crippen molar-refractivity contribution in [1.82, 2.24) is 45.4 Å². The lowest BCUT2D eigenvalue weighted by atomic mass is 9.95. The van der Waals surface area contributed by atoms with Gasteiger partial charge in [0, 0.05) is 143 Å². The Morgan fingerprint density at radius 2 is 1.07 bits per heavy atom. The van der Waals surface area contributed by atoms with E-state index in [1.54, 1.807) is 25.5 Å². The average molecular weight is 1180 g/mol. The van der Waals surface area contributed by atoms with Gasteiger partial charge in [-0.1, -0.05) is 30.0 Å². The van der Waals surface area contributed by atoms with Crippen LogP contribution in [0, 0.1) is 68.7 Å².